The standard InChI is InChI=1S/C28H23FN6O2/c1-4-24(36)33-23-12-15(2)19(14-31-23)18-9-10-21-27(28(30)35-34-21)26(18)17-8-11-22(20(29)13-17)37-25-7-5-6-16(3)32-25/h4-14H,1H2,2-3H3,(H3,30,34,35)(H,31,33,36). The molecule has 0 aliphatic rings. The Bertz CT molecular complexity index is 1680. The number of pyridine rings is 2. The second-order valence-corrected chi connectivity index (χ2v) is 8.46. The third-order valence-electron chi connectivity index (χ3n) is 5.89. The van der Waals surface area contributed by atoms with E-state index >= 15 is 4.39 Å². The molecule has 8 nitrogen and oxygen atoms in total. The van der Waals surface area contributed by atoms with E-state index in [0.717, 1.165) is 22.4 Å². The third-order valence-corrected chi connectivity index (χ3v) is 5.89. The van der Waals surface area contributed by atoms with E-state index in [-0.39, 0.29) is 17.5 Å². The first-order chi connectivity index (χ1) is 17.8. The van der Waals surface area contributed by atoms with Gasteiger partial charge in [0.2, 0.25) is 11.8 Å². The number of aromatic amines is 1. The molecule has 3 aromatic heterocycles. The second-order valence-electron chi connectivity index (χ2n) is 8.46. The number of anilines is 2. The molecule has 0 saturated heterocycles. The van der Waals surface area contributed by atoms with Gasteiger partial charge in [0.1, 0.15) is 5.82 Å². The number of nitrogens with zero attached hydrogens (tertiary/aromatic N) is 3. The van der Waals surface area contributed by atoms with Crippen LogP contribution in [-0.2, 0) is 4.79 Å². The molecule has 3 heterocycles. The molecule has 0 bridgehead atoms. The SMILES string of the molecule is C=CC(=O)Nc1cc(C)c(-c2ccc3[nH]nc(N)c3c2-c2ccc(Oc3cccc(C)n3)c(F)c2)cn1. The fourth-order valence-electron chi connectivity index (χ4n) is 4.17. The molecule has 1 amide bonds. The van der Waals surface area contributed by atoms with Gasteiger partial charge in [-0.3, -0.25) is 9.89 Å². The van der Waals surface area contributed by atoms with Crippen molar-refractivity contribution in [1.82, 2.24) is 20.2 Å². The van der Waals surface area contributed by atoms with Gasteiger partial charge in [0, 0.05) is 29.1 Å². The van der Waals surface area contributed by atoms with E-state index in [1.54, 1.807) is 36.5 Å². The lowest BCUT2D eigenvalue weighted by atomic mass is 9.90. The third kappa shape index (κ3) is 4.62. The van der Waals surface area contributed by atoms with Crippen LogP contribution >= 0.6 is 0 Å². The molecule has 0 fully saturated rings. The van der Waals surface area contributed by atoms with Crippen molar-refractivity contribution >= 4 is 28.4 Å². The van der Waals surface area contributed by atoms with Gasteiger partial charge >= 0.3 is 0 Å². The highest BCUT2D eigenvalue weighted by atomic mass is 19.1. The van der Waals surface area contributed by atoms with Gasteiger partial charge in [-0.15, -0.1) is 0 Å². The Morgan fingerprint density at radius 3 is 2.70 bits per heavy atom. The Balaban J connectivity index is 1.62. The quantitative estimate of drug-likeness (QED) is 0.251. The van der Waals surface area contributed by atoms with E-state index in [0.29, 0.717) is 33.7 Å². The van der Waals surface area contributed by atoms with Gasteiger partial charge in [0.25, 0.3) is 0 Å². The first kappa shape index (κ1) is 23.7. The Morgan fingerprint density at radius 2 is 1.97 bits per heavy atom. The van der Waals surface area contributed by atoms with Crippen LogP contribution in [0.3, 0.4) is 0 Å². The van der Waals surface area contributed by atoms with Crippen LogP contribution in [0, 0.1) is 19.7 Å². The average Bonchev–Trinajstić information content (AvgIpc) is 3.25. The number of halogens is 1. The molecule has 5 rings (SSSR count). The summed E-state index contributed by atoms with van der Waals surface area (Å²) in [5.41, 5.74) is 11.4. The molecular weight excluding hydrogens is 471 g/mol. The molecule has 184 valence electrons. The summed E-state index contributed by atoms with van der Waals surface area (Å²) in [5.74, 6) is 0.135. The van der Waals surface area contributed by atoms with Gasteiger partial charge < -0.3 is 15.8 Å². The summed E-state index contributed by atoms with van der Waals surface area (Å²) in [4.78, 5) is 20.3. The van der Waals surface area contributed by atoms with E-state index in [2.05, 4.69) is 32.1 Å². The summed E-state index contributed by atoms with van der Waals surface area (Å²) in [6.45, 7) is 7.19. The van der Waals surface area contributed by atoms with Crippen LogP contribution in [0.5, 0.6) is 11.6 Å². The zero-order chi connectivity index (χ0) is 26.1. The Hall–Kier alpha value is -5.05. The highest BCUT2D eigenvalue weighted by molar-refractivity contribution is 6.08. The number of fused-ring (bicyclic) bond motifs is 1. The Labute approximate surface area is 212 Å². The van der Waals surface area contributed by atoms with E-state index in [1.807, 2.05) is 32.0 Å². The predicted molar refractivity (Wildman–Crippen MR) is 142 cm³/mol. The highest BCUT2D eigenvalue weighted by Crippen LogP contribution is 2.42. The number of ether oxygens (including phenoxy) is 1. The largest absolute Gasteiger partial charge is 0.436 e. The summed E-state index contributed by atoms with van der Waals surface area (Å²) in [5, 5.41) is 10.4. The van der Waals surface area contributed by atoms with Crippen molar-refractivity contribution in [3.8, 4) is 33.9 Å². The molecule has 0 radical (unpaired) electrons. The summed E-state index contributed by atoms with van der Waals surface area (Å²) < 4.78 is 21.0. The number of nitrogens with two attached hydrogens (primary N) is 1. The number of rotatable bonds is 6. The number of carbonyl (C=O) groups excluding carboxylic acids is 1. The molecule has 0 aliphatic carbocycles. The zero-order valence-corrected chi connectivity index (χ0v) is 20.2. The maximum Gasteiger partial charge on any atom is 0.248 e. The van der Waals surface area contributed by atoms with E-state index in [4.69, 9.17) is 10.5 Å². The molecule has 0 unspecified atom stereocenters. The molecular formula is C28H23FN6O2. The number of aromatic nitrogens is 4. The molecule has 5 aromatic rings. The predicted octanol–water partition coefficient (Wildman–Crippen LogP) is 5.94. The summed E-state index contributed by atoms with van der Waals surface area (Å²) >= 11 is 0. The molecule has 4 N–H and O–H groups in total. The molecule has 0 aliphatic heterocycles. The monoisotopic (exact) mass is 494 g/mol. The van der Waals surface area contributed by atoms with Crippen molar-refractivity contribution in [3.05, 3.63) is 90.5 Å². The maximum atomic E-state index is 15.3. The highest BCUT2D eigenvalue weighted by Gasteiger charge is 2.19. The fraction of sp³-hybridized carbons (Fsp3) is 0.0714. The topological polar surface area (TPSA) is 119 Å². The normalized spacial score (nSPS) is 10.9. The van der Waals surface area contributed by atoms with Crippen molar-refractivity contribution in [2.24, 2.45) is 0 Å². The number of nitrogens with one attached hydrogen (secondary N) is 2. The number of amides is 1. The molecule has 0 saturated carbocycles. The Morgan fingerprint density at radius 1 is 1.14 bits per heavy atom. The van der Waals surface area contributed by atoms with Gasteiger partial charge in [-0.1, -0.05) is 24.8 Å². The van der Waals surface area contributed by atoms with Crippen molar-refractivity contribution in [2.75, 3.05) is 11.1 Å². The Kier molecular flexibility index (Phi) is 6.10. The number of hydrogen-bond donors (Lipinski definition) is 3. The minimum absolute atomic E-state index is 0.0518. The van der Waals surface area contributed by atoms with Crippen LogP contribution in [-0.4, -0.2) is 26.1 Å². The van der Waals surface area contributed by atoms with Gasteiger partial charge in [-0.05, 0) is 66.9 Å². The van der Waals surface area contributed by atoms with Crippen LogP contribution in [0.25, 0.3) is 33.2 Å². The zero-order valence-electron chi connectivity index (χ0n) is 20.2. The van der Waals surface area contributed by atoms with Crippen LogP contribution in [0.2, 0.25) is 0 Å². The van der Waals surface area contributed by atoms with Crippen LogP contribution < -0.4 is 15.8 Å². The van der Waals surface area contributed by atoms with E-state index in [9.17, 15) is 4.79 Å². The molecule has 0 spiro atoms. The van der Waals surface area contributed by atoms with Gasteiger partial charge in [-0.25, -0.2) is 14.4 Å². The lowest BCUT2D eigenvalue weighted by Crippen LogP contribution is -2.09. The molecule has 37 heavy (non-hydrogen) atoms. The van der Waals surface area contributed by atoms with Gasteiger partial charge in [0.15, 0.2) is 17.4 Å². The first-order valence-electron chi connectivity index (χ1n) is 11.4. The minimum Gasteiger partial charge on any atom is -0.436 e. The van der Waals surface area contributed by atoms with E-state index < -0.39 is 5.82 Å². The number of nitrogen functional groups attached to an aromatic ring is 1. The lowest BCUT2D eigenvalue weighted by Gasteiger charge is -2.16. The van der Waals surface area contributed by atoms with Gasteiger partial charge in [-0.2, -0.15) is 5.10 Å². The van der Waals surface area contributed by atoms with Crippen molar-refractivity contribution in [2.45, 2.75) is 13.8 Å². The van der Waals surface area contributed by atoms with E-state index in [1.165, 1.54) is 12.1 Å². The summed E-state index contributed by atoms with van der Waals surface area (Å²) in [6, 6.07) is 15.5. The number of H-pyrrole nitrogens is 1. The minimum atomic E-state index is -0.553. The summed E-state index contributed by atoms with van der Waals surface area (Å²) in [6.07, 6.45) is 2.84. The van der Waals surface area contributed by atoms with Crippen LogP contribution in [0.4, 0.5) is 16.0 Å². The fourth-order valence-corrected chi connectivity index (χ4v) is 4.17. The first-order valence-corrected chi connectivity index (χ1v) is 11.4. The number of hydrogen-bond acceptors (Lipinski definition) is 6. The number of benzene rings is 2. The lowest BCUT2D eigenvalue weighted by molar-refractivity contribution is -0.111. The maximum absolute atomic E-state index is 15.3. The van der Waals surface area contributed by atoms with Gasteiger partial charge in [0.05, 0.1) is 10.9 Å². The molecule has 2 aromatic carbocycles. The van der Waals surface area contributed by atoms with Crippen LogP contribution in [0.15, 0.2) is 73.4 Å². The smallest absolute Gasteiger partial charge is 0.248 e. The average molecular weight is 495 g/mol. The molecule has 9 heteroatoms. The van der Waals surface area contributed by atoms with Crippen molar-refractivity contribution in [3.63, 3.8) is 0 Å². The van der Waals surface area contributed by atoms with Crippen LogP contribution in [0.1, 0.15) is 11.3 Å². The number of aryl methyl sites for hydroxylation is 2. The number of carbonyl (C=O) groups is 1. The summed E-state index contributed by atoms with van der Waals surface area (Å²) in [7, 11) is 0. The van der Waals surface area contributed by atoms with Crippen molar-refractivity contribution < 1.29 is 13.9 Å². The molecule has 0 atom stereocenters. The van der Waals surface area contributed by atoms with Crippen molar-refractivity contribution in [1.29, 1.82) is 0 Å². The second kappa shape index (κ2) is 9.54.